The number of aromatic amines is 1. The second-order valence-electron chi connectivity index (χ2n) is 6.16. The maximum atomic E-state index is 15.0. The predicted octanol–water partition coefficient (Wildman–Crippen LogP) is 3.41. The van der Waals surface area contributed by atoms with Crippen LogP contribution in [0.4, 0.5) is 18.9 Å². The maximum absolute atomic E-state index is 15.0. The number of sulfonamides is 1. The minimum absolute atomic E-state index is 0.0840. The molecule has 0 bridgehead atoms. The lowest BCUT2D eigenvalue weighted by Crippen LogP contribution is -2.17. The fourth-order valence-corrected chi connectivity index (χ4v) is 4.01. The third kappa shape index (κ3) is 3.39. The Morgan fingerprint density at radius 3 is 2.67 bits per heavy atom. The summed E-state index contributed by atoms with van der Waals surface area (Å²) in [5.74, 6) is -4.11. The van der Waals surface area contributed by atoms with Gasteiger partial charge in [-0.05, 0) is 30.3 Å². The highest BCUT2D eigenvalue weighted by Crippen LogP contribution is 2.26. The Balaban J connectivity index is 1.73. The molecule has 0 unspecified atom stereocenters. The number of carbonyl (C=O) groups is 1. The van der Waals surface area contributed by atoms with Gasteiger partial charge in [-0.2, -0.15) is 0 Å². The molecule has 4 rings (SSSR count). The maximum Gasteiger partial charge on any atom is 0.265 e. The van der Waals surface area contributed by atoms with Crippen molar-refractivity contribution in [2.75, 3.05) is 4.72 Å². The molecule has 4 aromatic rings. The number of hydrogen-bond acceptors (Lipinski definition) is 5. The smallest absolute Gasteiger partial charge is 0.265 e. The van der Waals surface area contributed by atoms with E-state index in [1.54, 1.807) is 0 Å². The lowest BCUT2D eigenvalue weighted by atomic mass is 10.0. The van der Waals surface area contributed by atoms with Crippen LogP contribution in [0.3, 0.4) is 0 Å². The number of carbonyl (C=O) groups excluding carboxylic acids is 1. The highest BCUT2D eigenvalue weighted by Gasteiger charge is 2.25. The Hall–Kier alpha value is -3.73. The van der Waals surface area contributed by atoms with Crippen LogP contribution in [0.15, 0.2) is 60.0 Å². The summed E-state index contributed by atoms with van der Waals surface area (Å²) >= 11 is 0. The van der Waals surface area contributed by atoms with E-state index >= 15 is 0 Å². The first kappa shape index (κ1) is 19.6. The first-order chi connectivity index (χ1) is 14.3. The molecule has 0 radical (unpaired) electrons. The van der Waals surface area contributed by atoms with Crippen molar-refractivity contribution >= 4 is 32.5 Å². The fourth-order valence-electron chi connectivity index (χ4n) is 2.86. The summed E-state index contributed by atoms with van der Waals surface area (Å²) in [5, 5.41) is 0.356. The molecule has 0 aliphatic heterocycles. The second-order valence-corrected chi connectivity index (χ2v) is 7.81. The quantitative estimate of drug-likeness (QED) is 0.471. The van der Waals surface area contributed by atoms with Crippen LogP contribution >= 0.6 is 0 Å². The standard InChI is InChI=1S/C19H11F3N4O3S/c20-10-4-5-14(21)16(6-10)30(28,29)26-15-3-1-2-11(17(15)22)18(27)12-8-24-19-13(12)7-23-9-25-19/h1-9,26H,(H,23,24,25). The largest absolute Gasteiger partial charge is 0.345 e. The third-order valence-electron chi connectivity index (χ3n) is 4.27. The van der Waals surface area contributed by atoms with Crippen LogP contribution in [0, 0.1) is 17.5 Å². The zero-order valence-corrected chi connectivity index (χ0v) is 15.7. The van der Waals surface area contributed by atoms with E-state index in [0.717, 1.165) is 12.1 Å². The van der Waals surface area contributed by atoms with Gasteiger partial charge in [0, 0.05) is 17.8 Å². The molecule has 0 amide bonds. The Kier molecular flexibility index (Phi) is 4.74. The average Bonchev–Trinajstić information content (AvgIpc) is 3.15. The number of hydrogen-bond donors (Lipinski definition) is 2. The van der Waals surface area contributed by atoms with E-state index in [1.807, 2.05) is 4.72 Å². The number of aromatic nitrogens is 3. The molecule has 2 heterocycles. The Morgan fingerprint density at radius 2 is 1.87 bits per heavy atom. The molecular formula is C19H11F3N4O3S. The second kappa shape index (κ2) is 7.26. The summed E-state index contributed by atoms with van der Waals surface area (Å²) in [6.45, 7) is 0. The van der Waals surface area contributed by atoms with E-state index in [2.05, 4.69) is 15.0 Å². The summed E-state index contributed by atoms with van der Waals surface area (Å²) in [7, 11) is -4.66. The summed E-state index contributed by atoms with van der Waals surface area (Å²) in [6, 6.07) is 5.33. The molecule has 0 aliphatic carbocycles. The molecule has 7 nitrogen and oxygen atoms in total. The molecule has 2 aromatic carbocycles. The van der Waals surface area contributed by atoms with Gasteiger partial charge in [0.05, 0.1) is 16.8 Å². The number of ketones is 1. The summed E-state index contributed by atoms with van der Waals surface area (Å²) in [4.78, 5) is 22.4. The van der Waals surface area contributed by atoms with Crippen molar-refractivity contribution in [2.24, 2.45) is 0 Å². The van der Waals surface area contributed by atoms with E-state index in [9.17, 15) is 26.4 Å². The van der Waals surface area contributed by atoms with Crippen LogP contribution in [0.5, 0.6) is 0 Å². The number of fused-ring (bicyclic) bond motifs is 1. The number of rotatable bonds is 5. The van der Waals surface area contributed by atoms with Gasteiger partial charge in [-0.1, -0.05) is 6.07 Å². The van der Waals surface area contributed by atoms with Crippen LogP contribution in [0.2, 0.25) is 0 Å². The first-order valence-corrected chi connectivity index (χ1v) is 9.84. The molecular weight excluding hydrogens is 421 g/mol. The highest BCUT2D eigenvalue weighted by atomic mass is 32.2. The van der Waals surface area contributed by atoms with Gasteiger partial charge >= 0.3 is 0 Å². The SMILES string of the molecule is O=C(c1cccc(NS(=O)(=O)c2cc(F)ccc2F)c1F)c1c[nH]c2ncncc12. The van der Waals surface area contributed by atoms with Gasteiger partial charge in [-0.25, -0.2) is 31.6 Å². The zero-order valence-electron chi connectivity index (χ0n) is 14.9. The summed E-state index contributed by atoms with van der Waals surface area (Å²) in [6.07, 6.45) is 3.98. The van der Waals surface area contributed by atoms with Crippen molar-refractivity contribution in [3.8, 4) is 0 Å². The number of halogens is 3. The van der Waals surface area contributed by atoms with Crippen LogP contribution in [0.1, 0.15) is 15.9 Å². The minimum atomic E-state index is -4.66. The summed E-state index contributed by atoms with van der Waals surface area (Å²) in [5.41, 5.74) is -0.576. The van der Waals surface area contributed by atoms with Crippen molar-refractivity contribution < 1.29 is 26.4 Å². The van der Waals surface area contributed by atoms with Crippen LogP contribution < -0.4 is 4.72 Å². The minimum Gasteiger partial charge on any atom is -0.345 e. The average molecular weight is 432 g/mol. The van der Waals surface area contributed by atoms with Crippen LogP contribution in [0.25, 0.3) is 11.0 Å². The van der Waals surface area contributed by atoms with Crippen molar-refractivity contribution in [2.45, 2.75) is 4.90 Å². The molecule has 0 aliphatic rings. The van der Waals surface area contributed by atoms with E-state index < -0.39 is 49.4 Å². The van der Waals surface area contributed by atoms with E-state index in [0.29, 0.717) is 23.2 Å². The van der Waals surface area contributed by atoms with Crippen molar-refractivity contribution in [1.29, 1.82) is 0 Å². The molecule has 2 aromatic heterocycles. The molecule has 0 spiro atoms. The van der Waals surface area contributed by atoms with Gasteiger partial charge in [0.2, 0.25) is 0 Å². The fraction of sp³-hybridized carbons (Fsp3) is 0. The monoisotopic (exact) mass is 432 g/mol. The third-order valence-corrected chi connectivity index (χ3v) is 5.65. The number of nitrogens with zero attached hydrogens (tertiary/aromatic N) is 2. The topological polar surface area (TPSA) is 105 Å². The zero-order chi connectivity index (χ0) is 21.5. The van der Waals surface area contributed by atoms with Crippen molar-refractivity contribution in [3.63, 3.8) is 0 Å². The Labute approximate surface area is 167 Å². The van der Waals surface area contributed by atoms with Gasteiger partial charge in [0.25, 0.3) is 10.0 Å². The van der Waals surface area contributed by atoms with Gasteiger partial charge in [-0.3, -0.25) is 9.52 Å². The van der Waals surface area contributed by atoms with Crippen molar-refractivity contribution in [3.05, 3.63) is 83.7 Å². The van der Waals surface area contributed by atoms with Crippen molar-refractivity contribution in [1.82, 2.24) is 15.0 Å². The van der Waals surface area contributed by atoms with E-state index in [1.165, 1.54) is 30.9 Å². The predicted molar refractivity (Wildman–Crippen MR) is 101 cm³/mol. The van der Waals surface area contributed by atoms with Crippen LogP contribution in [-0.2, 0) is 10.0 Å². The van der Waals surface area contributed by atoms with E-state index in [-0.39, 0.29) is 5.56 Å². The highest BCUT2D eigenvalue weighted by molar-refractivity contribution is 7.92. The number of nitrogens with one attached hydrogen (secondary N) is 2. The molecule has 0 atom stereocenters. The Bertz CT molecular complexity index is 1400. The van der Waals surface area contributed by atoms with E-state index in [4.69, 9.17) is 0 Å². The van der Waals surface area contributed by atoms with Gasteiger partial charge in [0.15, 0.2) is 11.6 Å². The number of anilines is 1. The lowest BCUT2D eigenvalue weighted by Gasteiger charge is -2.11. The molecule has 11 heteroatoms. The van der Waals surface area contributed by atoms with Gasteiger partial charge in [-0.15, -0.1) is 0 Å². The molecule has 152 valence electrons. The molecule has 0 saturated heterocycles. The molecule has 2 N–H and O–H groups in total. The number of H-pyrrole nitrogens is 1. The van der Waals surface area contributed by atoms with Gasteiger partial charge in [0.1, 0.15) is 28.5 Å². The summed E-state index contributed by atoms with van der Waals surface area (Å²) < 4.78 is 68.9. The normalized spacial score (nSPS) is 11.6. The lowest BCUT2D eigenvalue weighted by molar-refractivity contribution is 0.103. The molecule has 0 saturated carbocycles. The van der Waals surface area contributed by atoms with Crippen LogP contribution in [-0.4, -0.2) is 29.2 Å². The Morgan fingerprint density at radius 1 is 1.07 bits per heavy atom. The number of benzene rings is 2. The molecule has 30 heavy (non-hydrogen) atoms. The molecule has 0 fully saturated rings. The van der Waals surface area contributed by atoms with Gasteiger partial charge < -0.3 is 4.98 Å². The first-order valence-electron chi connectivity index (χ1n) is 8.36.